The van der Waals surface area contributed by atoms with Gasteiger partial charge in [-0.15, -0.1) is 0 Å². The Morgan fingerprint density at radius 1 is 1.19 bits per heavy atom. The van der Waals surface area contributed by atoms with Crippen molar-refractivity contribution < 1.29 is 8.42 Å². The van der Waals surface area contributed by atoms with E-state index in [1.54, 1.807) is 15.2 Å². The van der Waals surface area contributed by atoms with E-state index in [1.807, 2.05) is 35.1 Å². The van der Waals surface area contributed by atoms with Crippen LogP contribution in [-0.4, -0.2) is 51.6 Å². The summed E-state index contributed by atoms with van der Waals surface area (Å²) in [4.78, 5) is 0. The monoisotopic (exact) mass is 385 g/mol. The molecule has 8 heteroatoms. The third-order valence-corrected chi connectivity index (χ3v) is 6.27. The lowest BCUT2D eigenvalue weighted by Gasteiger charge is -2.29. The molecule has 3 heterocycles. The molecule has 0 bridgehead atoms. The second-order valence-corrected chi connectivity index (χ2v) is 9.07. The number of rotatable bonds is 4. The van der Waals surface area contributed by atoms with Gasteiger partial charge in [0.2, 0.25) is 10.0 Å². The van der Waals surface area contributed by atoms with E-state index in [-0.39, 0.29) is 5.92 Å². The van der Waals surface area contributed by atoms with Gasteiger partial charge >= 0.3 is 0 Å². The van der Waals surface area contributed by atoms with Crippen LogP contribution in [0.4, 0.5) is 0 Å². The normalized spacial score (nSPS) is 18.7. The predicted octanol–water partition coefficient (Wildman–Crippen LogP) is 2.51. The highest BCUT2D eigenvalue weighted by Crippen LogP contribution is 2.29. The Kier molecular flexibility index (Phi) is 4.61. The van der Waals surface area contributed by atoms with Gasteiger partial charge in [-0.3, -0.25) is 0 Å². The Hall–Kier alpha value is -2.45. The SMILES string of the molecule is Cc1ccc(-n2nc(C3CCCN(S(C)(=O)=O)C3)cc2-n2cccn2)cc1. The minimum Gasteiger partial charge on any atom is -0.223 e. The molecule has 7 nitrogen and oxygen atoms in total. The maximum Gasteiger partial charge on any atom is 0.211 e. The van der Waals surface area contributed by atoms with Gasteiger partial charge in [-0.2, -0.15) is 10.2 Å². The van der Waals surface area contributed by atoms with Crippen molar-refractivity contribution in [1.29, 1.82) is 0 Å². The largest absolute Gasteiger partial charge is 0.223 e. The van der Waals surface area contributed by atoms with E-state index >= 15 is 0 Å². The fourth-order valence-corrected chi connectivity index (χ4v) is 4.43. The average molecular weight is 385 g/mol. The van der Waals surface area contributed by atoms with Crippen molar-refractivity contribution in [3.8, 4) is 11.5 Å². The van der Waals surface area contributed by atoms with E-state index in [0.29, 0.717) is 13.1 Å². The summed E-state index contributed by atoms with van der Waals surface area (Å²) in [6, 6.07) is 12.1. The summed E-state index contributed by atoms with van der Waals surface area (Å²) in [5, 5.41) is 9.19. The van der Waals surface area contributed by atoms with Crippen LogP contribution in [0.2, 0.25) is 0 Å². The molecule has 0 N–H and O–H groups in total. The highest BCUT2D eigenvalue weighted by molar-refractivity contribution is 7.88. The van der Waals surface area contributed by atoms with Gasteiger partial charge < -0.3 is 0 Å². The van der Waals surface area contributed by atoms with Gasteiger partial charge in [0.15, 0.2) is 5.82 Å². The fraction of sp³-hybridized carbons (Fsp3) is 0.368. The lowest BCUT2D eigenvalue weighted by molar-refractivity contribution is 0.314. The molecular weight excluding hydrogens is 362 g/mol. The van der Waals surface area contributed by atoms with E-state index in [1.165, 1.54) is 11.8 Å². The minimum absolute atomic E-state index is 0.0782. The Balaban J connectivity index is 1.74. The molecule has 0 aliphatic carbocycles. The summed E-state index contributed by atoms with van der Waals surface area (Å²) in [6.45, 7) is 3.11. The molecule has 1 unspecified atom stereocenters. The number of piperidine rings is 1. The summed E-state index contributed by atoms with van der Waals surface area (Å²) in [5.41, 5.74) is 3.03. The van der Waals surface area contributed by atoms with E-state index in [0.717, 1.165) is 30.0 Å². The van der Waals surface area contributed by atoms with Crippen molar-refractivity contribution in [3.05, 3.63) is 60.0 Å². The van der Waals surface area contributed by atoms with Gasteiger partial charge in [0.05, 0.1) is 17.6 Å². The smallest absolute Gasteiger partial charge is 0.211 e. The van der Waals surface area contributed by atoms with Crippen molar-refractivity contribution in [3.63, 3.8) is 0 Å². The lowest BCUT2D eigenvalue weighted by Crippen LogP contribution is -2.38. The molecule has 4 rings (SSSR count). The zero-order valence-electron chi connectivity index (χ0n) is 15.5. The molecule has 1 aliphatic rings. The maximum absolute atomic E-state index is 12.0. The van der Waals surface area contributed by atoms with Crippen molar-refractivity contribution in [2.24, 2.45) is 0 Å². The van der Waals surface area contributed by atoms with Gasteiger partial charge in [-0.05, 0) is 38.0 Å². The molecular formula is C19H23N5O2S. The Morgan fingerprint density at radius 3 is 2.63 bits per heavy atom. The van der Waals surface area contributed by atoms with Crippen LogP contribution < -0.4 is 0 Å². The Bertz CT molecular complexity index is 1020. The van der Waals surface area contributed by atoms with Gasteiger partial charge in [-0.1, -0.05) is 17.7 Å². The Labute approximate surface area is 159 Å². The first-order valence-corrected chi connectivity index (χ1v) is 10.9. The number of hydrogen-bond donors (Lipinski definition) is 0. The predicted molar refractivity (Wildman–Crippen MR) is 104 cm³/mol. The second kappa shape index (κ2) is 6.94. The maximum atomic E-state index is 12.0. The number of sulfonamides is 1. The van der Waals surface area contributed by atoms with Crippen molar-refractivity contribution >= 4 is 10.0 Å². The summed E-state index contributed by atoms with van der Waals surface area (Å²) in [6.07, 6.45) is 6.66. The number of nitrogens with zero attached hydrogens (tertiary/aromatic N) is 5. The number of aromatic nitrogens is 4. The van der Waals surface area contributed by atoms with E-state index < -0.39 is 10.0 Å². The van der Waals surface area contributed by atoms with E-state index in [9.17, 15) is 8.42 Å². The summed E-state index contributed by atoms with van der Waals surface area (Å²) >= 11 is 0. The van der Waals surface area contributed by atoms with Crippen LogP contribution in [0, 0.1) is 6.92 Å². The van der Waals surface area contributed by atoms with Crippen molar-refractivity contribution in [2.75, 3.05) is 19.3 Å². The third-order valence-electron chi connectivity index (χ3n) is 5.00. The third kappa shape index (κ3) is 3.68. The van der Waals surface area contributed by atoms with Crippen LogP contribution in [-0.2, 0) is 10.0 Å². The fourth-order valence-electron chi connectivity index (χ4n) is 3.52. The topological polar surface area (TPSA) is 73.0 Å². The molecule has 1 fully saturated rings. The molecule has 2 aromatic heterocycles. The van der Waals surface area contributed by atoms with Crippen LogP contribution in [0.1, 0.15) is 30.0 Å². The Morgan fingerprint density at radius 2 is 1.96 bits per heavy atom. The molecule has 142 valence electrons. The average Bonchev–Trinajstić information content (AvgIpc) is 3.31. The van der Waals surface area contributed by atoms with Crippen LogP contribution >= 0.6 is 0 Å². The molecule has 1 atom stereocenters. The van der Waals surface area contributed by atoms with Crippen LogP contribution in [0.5, 0.6) is 0 Å². The first-order chi connectivity index (χ1) is 12.9. The molecule has 3 aromatic rings. The zero-order valence-corrected chi connectivity index (χ0v) is 16.3. The molecule has 0 spiro atoms. The van der Waals surface area contributed by atoms with Crippen LogP contribution in [0.15, 0.2) is 48.8 Å². The van der Waals surface area contributed by atoms with Crippen molar-refractivity contribution in [1.82, 2.24) is 23.9 Å². The first kappa shape index (κ1) is 17.9. The molecule has 1 aliphatic heterocycles. The number of hydrogen-bond acceptors (Lipinski definition) is 4. The highest BCUT2D eigenvalue weighted by atomic mass is 32.2. The molecule has 1 aromatic carbocycles. The van der Waals surface area contributed by atoms with E-state index in [4.69, 9.17) is 5.10 Å². The molecule has 0 radical (unpaired) electrons. The molecule has 27 heavy (non-hydrogen) atoms. The summed E-state index contributed by atoms with van der Waals surface area (Å²) < 4.78 is 29.1. The second-order valence-electron chi connectivity index (χ2n) is 7.09. The first-order valence-electron chi connectivity index (χ1n) is 9.04. The van der Waals surface area contributed by atoms with Gasteiger partial charge in [0.1, 0.15) is 0 Å². The van der Waals surface area contributed by atoms with Crippen molar-refractivity contribution in [2.45, 2.75) is 25.7 Å². The van der Waals surface area contributed by atoms with E-state index in [2.05, 4.69) is 24.2 Å². The summed E-state index contributed by atoms with van der Waals surface area (Å²) in [7, 11) is -3.19. The van der Waals surface area contributed by atoms with Crippen LogP contribution in [0.3, 0.4) is 0 Å². The van der Waals surface area contributed by atoms with Gasteiger partial charge in [-0.25, -0.2) is 22.1 Å². The number of benzene rings is 1. The van der Waals surface area contributed by atoms with Gasteiger partial charge in [0.25, 0.3) is 0 Å². The highest BCUT2D eigenvalue weighted by Gasteiger charge is 2.29. The molecule has 1 saturated heterocycles. The quantitative estimate of drug-likeness (QED) is 0.692. The van der Waals surface area contributed by atoms with Gasteiger partial charge in [0, 0.05) is 37.5 Å². The van der Waals surface area contributed by atoms with Crippen LogP contribution in [0.25, 0.3) is 11.5 Å². The summed E-state index contributed by atoms with van der Waals surface area (Å²) in [5.74, 6) is 0.921. The standard InChI is InChI=1S/C19H23N5O2S/c1-15-6-8-17(9-7-15)24-19(23-12-4-10-20-23)13-18(21-24)16-5-3-11-22(14-16)27(2,25)26/h4,6-10,12-13,16H,3,5,11,14H2,1-2H3. The number of aryl methyl sites for hydroxylation is 1. The molecule has 0 amide bonds. The molecule has 0 saturated carbocycles. The minimum atomic E-state index is -3.19. The zero-order chi connectivity index (χ0) is 19.0. The lowest BCUT2D eigenvalue weighted by atomic mass is 9.96.